The van der Waals surface area contributed by atoms with E-state index >= 15 is 0 Å². The lowest BCUT2D eigenvalue weighted by Gasteiger charge is -2.10. The molecule has 4 nitrogen and oxygen atoms in total. The van der Waals surface area contributed by atoms with E-state index in [4.69, 9.17) is 14.9 Å². The molecular weight excluding hydrogens is 460 g/mol. The summed E-state index contributed by atoms with van der Waals surface area (Å²) in [7, 11) is 0. The molecule has 204 valence electrons. The van der Waals surface area contributed by atoms with Gasteiger partial charge in [0.15, 0.2) is 17.4 Å². The third-order valence-electron chi connectivity index (χ3n) is 5.18. The van der Waals surface area contributed by atoms with Crippen LogP contribution in [-0.4, -0.2) is 33.9 Å². The second kappa shape index (κ2) is 18.1. The topological polar surface area (TPSA) is 62.0 Å². The molecule has 2 atom stereocenters. The van der Waals surface area contributed by atoms with Gasteiger partial charge in [-0.15, -0.1) is 0 Å². The van der Waals surface area contributed by atoms with Crippen molar-refractivity contribution >= 4 is 5.71 Å². The second-order valence-electron chi connectivity index (χ2n) is 9.54. The summed E-state index contributed by atoms with van der Waals surface area (Å²) >= 11 is 0. The summed E-state index contributed by atoms with van der Waals surface area (Å²) < 4.78 is 31.2. The molecule has 0 spiro atoms. The molecule has 1 fully saturated rings. The van der Waals surface area contributed by atoms with Crippen molar-refractivity contribution in [2.45, 2.75) is 112 Å². The lowest BCUT2D eigenvalue weighted by atomic mass is 10.0. The van der Waals surface area contributed by atoms with E-state index in [1.54, 1.807) is 6.07 Å². The van der Waals surface area contributed by atoms with Crippen LogP contribution in [0.3, 0.4) is 0 Å². The third kappa shape index (κ3) is 16.5. The van der Waals surface area contributed by atoms with Gasteiger partial charge < -0.3 is 14.9 Å². The Morgan fingerprint density at radius 2 is 1.78 bits per heavy atom. The summed E-state index contributed by atoms with van der Waals surface area (Å²) in [6, 6.07) is 4.04. The first-order valence-corrected chi connectivity index (χ1v) is 12.9. The first kappa shape index (κ1) is 33.8. The monoisotopic (exact) mass is 507 g/mol. The van der Waals surface area contributed by atoms with Gasteiger partial charge in [0.1, 0.15) is 0 Å². The maximum Gasteiger partial charge on any atom is 0.159 e. The molecule has 0 aliphatic carbocycles. The molecule has 36 heavy (non-hydrogen) atoms. The minimum absolute atomic E-state index is 0.157. The minimum Gasteiger partial charge on any atom is -0.375 e. The van der Waals surface area contributed by atoms with Crippen LogP contribution in [-0.2, 0) is 11.2 Å². The molecule has 0 radical (unpaired) electrons. The van der Waals surface area contributed by atoms with Gasteiger partial charge in [-0.25, -0.2) is 8.78 Å². The van der Waals surface area contributed by atoms with Crippen molar-refractivity contribution < 1.29 is 23.7 Å². The van der Waals surface area contributed by atoms with Gasteiger partial charge in [0.2, 0.25) is 0 Å². The summed E-state index contributed by atoms with van der Waals surface area (Å²) in [6.07, 6.45) is 14.7. The van der Waals surface area contributed by atoms with Crippen LogP contribution in [0.1, 0.15) is 93.1 Å². The summed E-state index contributed by atoms with van der Waals surface area (Å²) in [5.41, 5.74) is 4.61. The predicted molar refractivity (Wildman–Crippen MR) is 147 cm³/mol. The number of aliphatic hydroxyl groups is 2. The van der Waals surface area contributed by atoms with E-state index in [9.17, 15) is 8.78 Å². The lowest BCUT2D eigenvalue weighted by molar-refractivity contribution is -0.127. The average molecular weight is 508 g/mol. The summed E-state index contributed by atoms with van der Waals surface area (Å²) in [4.78, 5) is 4.46. The van der Waals surface area contributed by atoms with Gasteiger partial charge >= 0.3 is 0 Å². The smallest absolute Gasteiger partial charge is 0.159 e. The van der Waals surface area contributed by atoms with Crippen LogP contribution in [0.2, 0.25) is 0 Å². The number of ether oxygens (including phenoxy) is 1. The molecule has 1 aromatic carbocycles. The first-order valence-electron chi connectivity index (χ1n) is 12.9. The van der Waals surface area contributed by atoms with Gasteiger partial charge in [0.05, 0.1) is 12.2 Å². The van der Waals surface area contributed by atoms with Gasteiger partial charge in [-0.2, -0.15) is 0 Å². The molecule has 1 aromatic rings. The van der Waals surface area contributed by atoms with E-state index in [0.717, 1.165) is 37.0 Å². The van der Waals surface area contributed by atoms with Crippen LogP contribution >= 0.6 is 0 Å². The Labute approximate surface area is 217 Å². The highest BCUT2D eigenvalue weighted by molar-refractivity contribution is 6.01. The van der Waals surface area contributed by atoms with Crippen LogP contribution in [0.5, 0.6) is 0 Å². The summed E-state index contributed by atoms with van der Waals surface area (Å²) in [5.74, 6) is -3.07. The van der Waals surface area contributed by atoms with Gasteiger partial charge in [-0.05, 0) is 96.9 Å². The van der Waals surface area contributed by atoms with E-state index in [0.29, 0.717) is 12.5 Å². The zero-order valence-electron chi connectivity index (χ0n) is 23.4. The van der Waals surface area contributed by atoms with E-state index in [1.807, 2.05) is 20.0 Å². The van der Waals surface area contributed by atoms with Crippen LogP contribution in [0.4, 0.5) is 8.78 Å². The molecule has 0 aromatic heterocycles. The highest BCUT2D eigenvalue weighted by Crippen LogP contribution is 2.23. The largest absolute Gasteiger partial charge is 0.375 e. The fourth-order valence-electron chi connectivity index (χ4n) is 3.55. The third-order valence-corrected chi connectivity index (χ3v) is 5.18. The maximum atomic E-state index is 12.9. The van der Waals surface area contributed by atoms with Crippen LogP contribution in [0, 0.1) is 11.6 Å². The Balaban J connectivity index is 0.000000574. The Kier molecular flexibility index (Phi) is 17.1. The zero-order valence-corrected chi connectivity index (χ0v) is 23.4. The SMILES string of the molecule is CC(C)(O)O.CC1CCC(Cc2ccc(F)c(F)c2)O1.C\C=C/C(C(/C)=N/C=C/CC)=C(/C)CCC. The van der Waals surface area contributed by atoms with E-state index in [-0.39, 0.29) is 6.10 Å². The van der Waals surface area contributed by atoms with Gasteiger partial charge in [-0.1, -0.05) is 50.1 Å². The number of halogens is 2. The fourth-order valence-corrected chi connectivity index (χ4v) is 3.55. The number of hydrogen-bond donors (Lipinski definition) is 2. The Bertz CT molecular complexity index is 877. The number of rotatable bonds is 8. The average Bonchev–Trinajstić information content (AvgIpc) is 3.18. The van der Waals surface area contributed by atoms with E-state index in [1.165, 1.54) is 43.5 Å². The Hall–Kier alpha value is -2.15. The van der Waals surface area contributed by atoms with Crippen LogP contribution < -0.4 is 0 Å². The number of aliphatic imine (C=N–C) groups is 1. The number of nitrogens with zero attached hydrogens (tertiary/aromatic N) is 1. The number of benzene rings is 1. The highest BCUT2D eigenvalue weighted by Gasteiger charge is 2.22. The molecule has 1 saturated heterocycles. The standard InChI is InChI=1S/C15H25N.C12H14F2O.C3H8O2/c1-6-9-12-16-14(5)15(11-8-3)13(4)10-7-2;1-8-2-4-10(15-8)6-9-3-5-11(13)12(14)7-9;1-3(2,4)5/h8-9,11-12H,6-7,10H2,1-5H3;3,5,7-8,10H,2,4,6H2,1H3;4-5H,1-2H3/b11-8-,12-9+,15-13+,16-14+;;. The molecule has 1 aliphatic rings. The molecule has 1 aliphatic heterocycles. The van der Waals surface area contributed by atoms with Gasteiger partial charge in [-0.3, -0.25) is 4.99 Å². The zero-order chi connectivity index (χ0) is 27.7. The van der Waals surface area contributed by atoms with Crippen molar-refractivity contribution in [2.24, 2.45) is 4.99 Å². The molecule has 2 rings (SSSR count). The molecule has 2 N–H and O–H groups in total. The van der Waals surface area contributed by atoms with Crippen molar-refractivity contribution in [3.8, 4) is 0 Å². The Morgan fingerprint density at radius 1 is 1.14 bits per heavy atom. The normalized spacial score (nSPS) is 19.1. The summed E-state index contributed by atoms with van der Waals surface area (Å²) in [6.45, 7) is 15.3. The maximum absolute atomic E-state index is 12.9. The molecule has 2 unspecified atom stereocenters. The molecule has 0 amide bonds. The lowest BCUT2D eigenvalue weighted by Crippen LogP contribution is -2.15. The number of allylic oxidation sites excluding steroid dienone is 5. The Morgan fingerprint density at radius 3 is 2.25 bits per heavy atom. The van der Waals surface area contributed by atoms with E-state index < -0.39 is 17.4 Å². The van der Waals surface area contributed by atoms with Crippen LogP contribution in [0.15, 0.2) is 58.8 Å². The van der Waals surface area contributed by atoms with Gasteiger partial charge in [0, 0.05) is 11.9 Å². The molecule has 0 bridgehead atoms. The van der Waals surface area contributed by atoms with Crippen LogP contribution in [0.25, 0.3) is 0 Å². The molecular formula is C30H47F2NO3. The minimum atomic E-state index is -1.50. The van der Waals surface area contributed by atoms with Crippen molar-refractivity contribution in [3.05, 3.63) is 71.0 Å². The van der Waals surface area contributed by atoms with E-state index in [2.05, 4.69) is 50.9 Å². The predicted octanol–water partition coefficient (Wildman–Crippen LogP) is 7.85. The van der Waals surface area contributed by atoms with Crippen molar-refractivity contribution in [2.75, 3.05) is 0 Å². The fraction of sp³-hybridized carbons (Fsp3) is 0.567. The van der Waals surface area contributed by atoms with Crippen molar-refractivity contribution in [1.29, 1.82) is 0 Å². The van der Waals surface area contributed by atoms with Crippen molar-refractivity contribution in [3.63, 3.8) is 0 Å². The quantitative estimate of drug-likeness (QED) is 0.214. The molecule has 6 heteroatoms. The van der Waals surface area contributed by atoms with Gasteiger partial charge in [0.25, 0.3) is 0 Å². The number of hydrogen-bond acceptors (Lipinski definition) is 4. The second-order valence-corrected chi connectivity index (χ2v) is 9.54. The van der Waals surface area contributed by atoms with Crippen molar-refractivity contribution in [1.82, 2.24) is 0 Å². The highest BCUT2D eigenvalue weighted by atomic mass is 19.2. The molecule has 0 saturated carbocycles. The summed E-state index contributed by atoms with van der Waals surface area (Å²) in [5, 5.41) is 16.2. The molecule has 1 heterocycles. The first-order chi connectivity index (χ1) is 16.8.